The number of benzene rings is 1. The van der Waals surface area contributed by atoms with Crippen LogP contribution >= 0.6 is 0 Å². The monoisotopic (exact) mass is 666 g/mol. The Balaban J connectivity index is 1.86. The largest absolute Gasteiger partial charge is 0.471 e. The number of carbonyl (C=O) groups excluding carboxylic acids is 4. The maximum absolute atomic E-state index is 12.8. The number of hydrogen-bond acceptors (Lipinski definition) is 13. The average molecular weight is 667 g/mol. The fourth-order valence-electron chi connectivity index (χ4n) is 4.83. The van der Waals surface area contributed by atoms with E-state index in [1.54, 1.807) is 23.5 Å². The molecule has 1 aromatic rings. The van der Waals surface area contributed by atoms with Crippen molar-refractivity contribution in [3.05, 3.63) is 35.9 Å². The van der Waals surface area contributed by atoms with Crippen LogP contribution in [0.2, 0.25) is 0 Å². The standard InChI is InChI=1S/C28H37F3N2O13/c1-13-21(45-24(39)16-8-5-4-6-9-16)20(38)23(26(42-13)41-11-7-10-32-27(40)28(29,30)31)46-25-18(33-14(2)35)22(43-15(3)36)19(37)17(12-34)44-25/h4-6,8-9,13,17-23,25-26,34,37-38H,7,10-12H2,1-3H3,(H,32,40)(H,33,35)/t13-,17+,18+,19-,20+,21+,22+,23-,25+,26+/m0/s1. The lowest BCUT2D eigenvalue weighted by Crippen LogP contribution is -2.68. The zero-order chi connectivity index (χ0) is 34.2. The van der Waals surface area contributed by atoms with Crippen molar-refractivity contribution in [2.75, 3.05) is 19.8 Å². The van der Waals surface area contributed by atoms with Crippen molar-refractivity contribution in [2.24, 2.45) is 0 Å². The third-order valence-corrected chi connectivity index (χ3v) is 6.97. The molecule has 2 aliphatic heterocycles. The zero-order valence-electron chi connectivity index (χ0n) is 25.0. The Labute approximate surface area is 261 Å². The Morgan fingerprint density at radius 2 is 1.61 bits per heavy atom. The van der Waals surface area contributed by atoms with Crippen LogP contribution in [0.1, 0.15) is 37.6 Å². The van der Waals surface area contributed by atoms with Crippen LogP contribution in [0.25, 0.3) is 0 Å². The van der Waals surface area contributed by atoms with Gasteiger partial charge in [0.15, 0.2) is 24.8 Å². The molecule has 2 saturated heterocycles. The van der Waals surface area contributed by atoms with E-state index in [1.165, 1.54) is 19.1 Å². The normalized spacial score (nSPS) is 31.4. The highest BCUT2D eigenvalue weighted by atomic mass is 19.4. The Kier molecular flexibility index (Phi) is 13.2. The van der Waals surface area contributed by atoms with Gasteiger partial charge in [-0.3, -0.25) is 14.4 Å². The van der Waals surface area contributed by atoms with Crippen LogP contribution in [0.3, 0.4) is 0 Å². The quantitative estimate of drug-likeness (QED) is 0.138. The van der Waals surface area contributed by atoms with Crippen molar-refractivity contribution < 1.29 is 76.1 Å². The first kappa shape index (κ1) is 37.1. The lowest BCUT2D eigenvalue weighted by molar-refractivity contribution is -0.351. The van der Waals surface area contributed by atoms with Crippen molar-refractivity contribution in [3.63, 3.8) is 0 Å². The fourth-order valence-corrected chi connectivity index (χ4v) is 4.83. The number of aliphatic hydroxyl groups is 3. The van der Waals surface area contributed by atoms with E-state index in [2.05, 4.69) is 5.32 Å². The van der Waals surface area contributed by atoms with Gasteiger partial charge in [0, 0.05) is 20.4 Å². The summed E-state index contributed by atoms with van der Waals surface area (Å²) in [6, 6.07) is 6.40. The van der Waals surface area contributed by atoms with Crippen molar-refractivity contribution in [1.82, 2.24) is 10.6 Å². The molecule has 0 radical (unpaired) electrons. The number of rotatable bonds is 12. The Morgan fingerprint density at radius 3 is 2.20 bits per heavy atom. The predicted molar refractivity (Wildman–Crippen MR) is 145 cm³/mol. The maximum atomic E-state index is 12.8. The highest BCUT2D eigenvalue weighted by Crippen LogP contribution is 2.32. The van der Waals surface area contributed by atoms with E-state index in [0.717, 1.165) is 13.8 Å². The van der Waals surface area contributed by atoms with Gasteiger partial charge in [0.25, 0.3) is 0 Å². The minimum absolute atomic E-state index is 0.132. The van der Waals surface area contributed by atoms with Crippen LogP contribution in [-0.2, 0) is 42.8 Å². The molecule has 0 unspecified atom stereocenters. The summed E-state index contributed by atoms with van der Waals surface area (Å²) in [7, 11) is 0. The van der Waals surface area contributed by atoms with E-state index < -0.39 is 104 Å². The van der Waals surface area contributed by atoms with Gasteiger partial charge < -0.3 is 54.4 Å². The molecular formula is C28H37F3N2O13. The number of nitrogens with one attached hydrogen (secondary N) is 2. The number of alkyl halides is 3. The van der Waals surface area contributed by atoms with Gasteiger partial charge in [0.1, 0.15) is 30.5 Å². The SMILES string of the molecule is CC(=O)N[C@H]1[C@@H](O[C@@H]2[C@H](OCCCNC(=O)C(F)(F)F)O[C@@H](C)[C@@H](OC(=O)c3ccccc3)[C@H]2O)O[C@H](CO)[C@H](O)[C@@H]1OC(C)=O. The van der Waals surface area contributed by atoms with Crippen molar-refractivity contribution in [2.45, 2.75) is 94.7 Å². The minimum Gasteiger partial charge on any atom is -0.457 e. The highest BCUT2D eigenvalue weighted by molar-refractivity contribution is 5.89. The van der Waals surface area contributed by atoms with Gasteiger partial charge in [-0.1, -0.05) is 18.2 Å². The van der Waals surface area contributed by atoms with Crippen LogP contribution in [0.4, 0.5) is 13.2 Å². The molecule has 15 nitrogen and oxygen atoms in total. The van der Waals surface area contributed by atoms with Gasteiger partial charge in [-0.2, -0.15) is 13.2 Å². The molecule has 0 aromatic heterocycles. The molecule has 2 amide bonds. The van der Waals surface area contributed by atoms with Gasteiger partial charge in [-0.15, -0.1) is 0 Å². The first-order chi connectivity index (χ1) is 21.6. The maximum Gasteiger partial charge on any atom is 0.471 e. The molecule has 0 spiro atoms. The highest BCUT2D eigenvalue weighted by Gasteiger charge is 2.53. The second-order valence-corrected chi connectivity index (χ2v) is 10.5. The van der Waals surface area contributed by atoms with Crippen molar-refractivity contribution >= 4 is 23.8 Å². The molecule has 5 N–H and O–H groups in total. The number of aliphatic hydroxyl groups excluding tert-OH is 3. The molecule has 258 valence electrons. The number of carbonyl (C=O) groups is 4. The van der Waals surface area contributed by atoms with Gasteiger partial charge >= 0.3 is 24.0 Å². The van der Waals surface area contributed by atoms with Crippen molar-refractivity contribution in [3.8, 4) is 0 Å². The molecule has 2 aliphatic rings. The summed E-state index contributed by atoms with van der Waals surface area (Å²) in [6.07, 6.45) is -18.6. The number of halogens is 3. The lowest BCUT2D eigenvalue weighted by atomic mass is 9.95. The third-order valence-electron chi connectivity index (χ3n) is 6.97. The molecule has 2 heterocycles. The van der Waals surface area contributed by atoms with Gasteiger partial charge in [-0.25, -0.2) is 4.79 Å². The molecular weight excluding hydrogens is 629 g/mol. The fraction of sp³-hybridized carbons (Fsp3) is 0.643. The summed E-state index contributed by atoms with van der Waals surface area (Å²) in [6.45, 7) is 2.09. The first-order valence-corrected chi connectivity index (χ1v) is 14.2. The van der Waals surface area contributed by atoms with Crippen LogP contribution in [-0.4, -0.2) is 126 Å². The molecule has 2 fully saturated rings. The zero-order valence-corrected chi connectivity index (χ0v) is 25.0. The van der Waals surface area contributed by atoms with Crippen LogP contribution in [0, 0.1) is 0 Å². The number of esters is 2. The molecule has 0 saturated carbocycles. The molecule has 3 rings (SSSR count). The van der Waals surface area contributed by atoms with Crippen LogP contribution in [0.15, 0.2) is 30.3 Å². The summed E-state index contributed by atoms with van der Waals surface area (Å²) in [5.41, 5.74) is 0.156. The third kappa shape index (κ3) is 9.81. The second-order valence-electron chi connectivity index (χ2n) is 10.5. The summed E-state index contributed by atoms with van der Waals surface area (Å²) in [5, 5.41) is 36.1. The topological polar surface area (TPSA) is 208 Å². The second kappa shape index (κ2) is 16.4. The molecule has 18 heteroatoms. The van der Waals surface area contributed by atoms with E-state index in [9.17, 15) is 47.7 Å². The number of amides is 2. The smallest absolute Gasteiger partial charge is 0.457 e. The predicted octanol–water partition coefficient (Wildman–Crippen LogP) is -0.697. The van der Waals surface area contributed by atoms with Gasteiger partial charge in [0.05, 0.1) is 24.9 Å². The van der Waals surface area contributed by atoms with Crippen LogP contribution < -0.4 is 10.6 Å². The number of hydrogen-bond donors (Lipinski definition) is 5. The first-order valence-electron chi connectivity index (χ1n) is 14.2. The molecule has 10 atom stereocenters. The van der Waals surface area contributed by atoms with Gasteiger partial charge in [-0.05, 0) is 25.5 Å². The Hall–Kier alpha value is -3.39. The molecule has 0 aliphatic carbocycles. The van der Waals surface area contributed by atoms with Gasteiger partial charge in [0.2, 0.25) is 5.91 Å². The summed E-state index contributed by atoms with van der Waals surface area (Å²) in [5.74, 6) is -4.47. The molecule has 0 bridgehead atoms. The minimum atomic E-state index is -5.08. The lowest BCUT2D eigenvalue weighted by Gasteiger charge is -2.48. The average Bonchev–Trinajstić information content (AvgIpc) is 2.99. The van der Waals surface area contributed by atoms with Crippen molar-refractivity contribution in [1.29, 1.82) is 0 Å². The van der Waals surface area contributed by atoms with Crippen LogP contribution in [0.5, 0.6) is 0 Å². The van der Waals surface area contributed by atoms with E-state index in [4.69, 9.17) is 28.4 Å². The van der Waals surface area contributed by atoms with E-state index in [0.29, 0.717) is 0 Å². The Morgan fingerprint density at radius 1 is 0.935 bits per heavy atom. The van der Waals surface area contributed by atoms with E-state index >= 15 is 0 Å². The molecule has 46 heavy (non-hydrogen) atoms. The van der Waals surface area contributed by atoms with E-state index in [-0.39, 0.29) is 18.6 Å². The summed E-state index contributed by atoms with van der Waals surface area (Å²) in [4.78, 5) is 47.8. The van der Waals surface area contributed by atoms with E-state index in [1.807, 2.05) is 0 Å². The summed E-state index contributed by atoms with van der Waals surface area (Å²) >= 11 is 0. The summed E-state index contributed by atoms with van der Waals surface area (Å²) < 4.78 is 71.4. The Bertz CT molecular complexity index is 1190. The number of ether oxygens (including phenoxy) is 6. The molecule has 1 aromatic carbocycles.